The third-order valence-corrected chi connectivity index (χ3v) is 5.11. The minimum atomic E-state index is -0.302. The molecule has 148 valence electrons. The van der Waals surface area contributed by atoms with Gasteiger partial charge in [-0.3, -0.25) is 14.5 Å². The summed E-state index contributed by atoms with van der Waals surface area (Å²) in [5, 5.41) is 3.01. The molecule has 2 amide bonds. The second kappa shape index (κ2) is 8.97. The first-order valence-corrected chi connectivity index (χ1v) is 9.53. The van der Waals surface area contributed by atoms with Gasteiger partial charge in [-0.1, -0.05) is 30.3 Å². The van der Waals surface area contributed by atoms with E-state index in [1.54, 1.807) is 12.1 Å². The number of halogens is 1. The predicted octanol–water partition coefficient (Wildman–Crippen LogP) is 2.77. The van der Waals surface area contributed by atoms with E-state index in [0.29, 0.717) is 32.7 Å². The van der Waals surface area contributed by atoms with Crippen LogP contribution in [-0.2, 0) is 16.0 Å². The second-order valence-electron chi connectivity index (χ2n) is 7.28. The fraction of sp³-hybridized carbons (Fsp3) is 0.364. The molecular weight excluding hydrogens is 357 g/mol. The Kier molecular flexibility index (Phi) is 6.41. The summed E-state index contributed by atoms with van der Waals surface area (Å²) in [5.41, 5.74) is 3.77. The SMILES string of the molecule is Cc1cccc(C)c1NC(=O)CN1CCN(C(=O)Cc2ccc(F)cc2)CC1. The van der Waals surface area contributed by atoms with Crippen LogP contribution in [-0.4, -0.2) is 54.3 Å². The molecule has 2 aromatic carbocycles. The number of anilines is 1. The molecule has 0 saturated carbocycles. The van der Waals surface area contributed by atoms with E-state index in [9.17, 15) is 14.0 Å². The number of amides is 2. The van der Waals surface area contributed by atoms with Crippen molar-refractivity contribution in [3.63, 3.8) is 0 Å². The fourth-order valence-electron chi connectivity index (χ4n) is 3.44. The van der Waals surface area contributed by atoms with Crippen LogP contribution >= 0.6 is 0 Å². The maximum atomic E-state index is 13.0. The number of rotatable bonds is 5. The number of hydrogen-bond donors (Lipinski definition) is 1. The zero-order valence-electron chi connectivity index (χ0n) is 16.4. The van der Waals surface area contributed by atoms with E-state index in [2.05, 4.69) is 10.2 Å². The van der Waals surface area contributed by atoms with Crippen molar-refractivity contribution in [3.8, 4) is 0 Å². The van der Waals surface area contributed by atoms with Crippen molar-refractivity contribution in [1.29, 1.82) is 0 Å². The summed E-state index contributed by atoms with van der Waals surface area (Å²) in [6.45, 7) is 6.79. The van der Waals surface area contributed by atoms with Crippen molar-refractivity contribution >= 4 is 17.5 Å². The zero-order chi connectivity index (χ0) is 20.1. The molecule has 0 aromatic heterocycles. The van der Waals surface area contributed by atoms with Crippen LogP contribution in [0.5, 0.6) is 0 Å². The lowest BCUT2D eigenvalue weighted by Crippen LogP contribution is -2.50. The third kappa shape index (κ3) is 5.16. The molecule has 0 aliphatic carbocycles. The predicted molar refractivity (Wildman–Crippen MR) is 108 cm³/mol. The number of nitrogens with zero attached hydrogens (tertiary/aromatic N) is 2. The van der Waals surface area contributed by atoms with Crippen LogP contribution in [0.1, 0.15) is 16.7 Å². The number of carbonyl (C=O) groups is 2. The molecule has 1 aliphatic rings. The van der Waals surface area contributed by atoms with E-state index in [0.717, 1.165) is 22.4 Å². The monoisotopic (exact) mass is 383 g/mol. The smallest absolute Gasteiger partial charge is 0.238 e. The molecule has 6 heteroatoms. The van der Waals surface area contributed by atoms with E-state index in [-0.39, 0.29) is 24.1 Å². The molecule has 0 bridgehead atoms. The topological polar surface area (TPSA) is 52.7 Å². The summed E-state index contributed by atoms with van der Waals surface area (Å²) in [6.07, 6.45) is 0.271. The summed E-state index contributed by atoms with van der Waals surface area (Å²) >= 11 is 0. The lowest BCUT2D eigenvalue weighted by atomic mass is 10.1. The van der Waals surface area contributed by atoms with Gasteiger partial charge in [0, 0.05) is 31.9 Å². The van der Waals surface area contributed by atoms with Gasteiger partial charge in [-0.15, -0.1) is 0 Å². The molecule has 1 saturated heterocycles. The van der Waals surface area contributed by atoms with Gasteiger partial charge in [0.1, 0.15) is 5.82 Å². The van der Waals surface area contributed by atoms with Crippen molar-refractivity contribution in [1.82, 2.24) is 9.80 Å². The number of aryl methyl sites for hydroxylation is 2. The summed E-state index contributed by atoms with van der Waals surface area (Å²) in [4.78, 5) is 28.7. The van der Waals surface area contributed by atoms with Gasteiger partial charge in [0.15, 0.2) is 0 Å². The van der Waals surface area contributed by atoms with Crippen molar-refractivity contribution < 1.29 is 14.0 Å². The second-order valence-corrected chi connectivity index (χ2v) is 7.28. The zero-order valence-corrected chi connectivity index (χ0v) is 16.4. The van der Waals surface area contributed by atoms with Crippen molar-refractivity contribution in [2.24, 2.45) is 0 Å². The highest BCUT2D eigenvalue weighted by molar-refractivity contribution is 5.93. The molecule has 1 aliphatic heterocycles. The van der Waals surface area contributed by atoms with Crippen LogP contribution in [0.4, 0.5) is 10.1 Å². The minimum absolute atomic E-state index is 0.0336. The van der Waals surface area contributed by atoms with Gasteiger partial charge < -0.3 is 10.2 Å². The summed E-state index contributed by atoms with van der Waals surface area (Å²) < 4.78 is 13.0. The van der Waals surface area contributed by atoms with Gasteiger partial charge in [-0.25, -0.2) is 4.39 Å². The fourth-order valence-corrected chi connectivity index (χ4v) is 3.44. The first-order chi connectivity index (χ1) is 13.4. The van der Waals surface area contributed by atoms with Gasteiger partial charge in [0.2, 0.25) is 11.8 Å². The molecule has 28 heavy (non-hydrogen) atoms. The molecule has 5 nitrogen and oxygen atoms in total. The van der Waals surface area contributed by atoms with Crippen LogP contribution in [0.2, 0.25) is 0 Å². The number of hydrogen-bond acceptors (Lipinski definition) is 3. The summed E-state index contributed by atoms with van der Waals surface area (Å²) in [6, 6.07) is 12.0. The van der Waals surface area contributed by atoms with Crippen molar-refractivity contribution in [2.75, 3.05) is 38.0 Å². The summed E-state index contributed by atoms with van der Waals surface area (Å²) in [7, 11) is 0. The molecule has 3 rings (SSSR count). The van der Waals surface area contributed by atoms with E-state index >= 15 is 0 Å². The average Bonchev–Trinajstić information content (AvgIpc) is 2.67. The molecule has 1 N–H and O–H groups in total. The Balaban J connectivity index is 1.46. The molecule has 1 heterocycles. The van der Waals surface area contributed by atoms with E-state index in [1.807, 2.05) is 36.9 Å². The van der Waals surface area contributed by atoms with Crippen LogP contribution in [0, 0.1) is 19.7 Å². The molecule has 2 aromatic rings. The number of nitrogens with one attached hydrogen (secondary N) is 1. The Hall–Kier alpha value is -2.73. The normalized spacial score (nSPS) is 14.8. The Morgan fingerprint density at radius 1 is 0.964 bits per heavy atom. The lowest BCUT2D eigenvalue weighted by molar-refractivity contribution is -0.132. The maximum Gasteiger partial charge on any atom is 0.238 e. The van der Waals surface area contributed by atoms with Gasteiger partial charge in [0.05, 0.1) is 13.0 Å². The molecular formula is C22H26FN3O2. The first kappa shape index (κ1) is 20.0. The highest BCUT2D eigenvalue weighted by Gasteiger charge is 2.22. The van der Waals surface area contributed by atoms with Gasteiger partial charge >= 0.3 is 0 Å². The standard InChI is InChI=1S/C22H26FN3O2/c1-16-4-3-5-17(2)22(16)24-20(27)15-25-10-12-26(13-11-25)21(28)14-18-6-8-19(23)9-7-18/h3-9H,10-15H2,1-2H3,(H,24,27). The average molecular weight is 383 g/mol. The van der Waals surface area contributed by atoms with Crippen molar-refractivity contribution in [3.05, 3.63) is 65.0 Å². The number of carbonyl (C=O) groups excluding carboxylic acids is 2. The molecule has 1 fully saturated rings. The Labute approximate surface area is 165 Å². The van der Waals surface area contributed by atoms with Gasteiger partial charge in [-0.2, -0.15) is 0 Å². The summed E-state index contributed by atoms with van der Waals surface area (Å²) in [5.74, 6) is -0.307. The van der Waals surface area contributed by atoms with Crippen molar-refractivity contribution in [2.45, 2.75) is 20.3 Å². The van der Waals surface area contributed by atoms with Crippen LogP contribution < -0.4 is 5.32 Å². The highest BCUT2D eigenvalue weighted by Crippen LogP contribution is 2.19. The molecule has 0 radical (unpaired) electrons. The number of para-hydroxylation sites is 1. The Bertz CT molecular complexity index is 823. The lowest BCUT2D eigenvalue weighted by Gasteiger charge is -2.34. The quantitative estimate of drug-likeness (QED) is 0.864. The van der Waals surface area contributed by atoms with E-state index in [1.165, 1.54) is 12.1 Å². The van der Waals surface area contributed by atoms with E-state index < -0.39 is 0 Å². The molecule has 0 spiro atoms. The highest BCUT2D eigenvalue weighted by atomic mass is 19.1. The van der Waals surface area contributed by atoms with Crippen LogP contribution in [0.15, 0.2) is 42.5 Å². The van der Waals surface area contributed by atoms with Crippen LogP contribution in [0.25, 0.3) is 0 Å². The largest absolute Gasteiger partial charge is 0.340 e. The molecule has 0 atom stereocenters. The third-order valence-electron chi connectivity index (χ3n) is 5.11. The van der Waals surface area contributed by atoms with Gasteiger partial charge in [-0.05, 0) is 42.7 Å². The first-order valence-electron chi connectivity index (χ1n) is 9.53. The Morgan fingerprint density at radius 2 is 1.57 bits per heavy atom. The van der Waals surface area contributed by atoms with E-state index in [4.69, 9.17) is 0 Å². The number of benzene rings is 2. The van der Waals surface area contributed by atoms with Gasteiger partial charge in [0.25, 0.3) is 0 Å². The number of piperazine rings is 1. The molecule has 0 unspecified atom stereocenters. The maximum absolute atomic E-state index is 13.0. The Morgan fingerprint density at radius 3 is 2.18 bits per heavy atom. The minimum Gasteiger partial charge on any atom is -0.340 e. The van der Waals surface area contributed by atoms with Crippen LogP contribution in [0.3, 0.4) is 0 Å².